The first kappa shape index (κ1) is 14.7. The van der Waals surface area contributed by atoms with E-state index in [-0.39, 0.29) is 11.9 Å². The summed E-state index contributed by atoms with van der Waals surface area (Å²) >= 11 is 0. The van der Waals surface area contributed by atoms with Crippen LogP contribution in [-0.4, -0.2) is 11.5 Å². The second kappa shape index (κ2) is 6.62. The lowest BCUT2D eigenvalue weighted by atomic mass is 9.97. The zero-order valence-corrected chi connectivity index (χ0v) is 12.3. The van der Waals surface area contributed by atoms with Crippen LogP contribution in [0.3, 0.4) is 0 Å². The maximum absolute atomic E-state index is 13.6. The second-order valence-electron chi connectivity index (χ2n) is 5.15. The average Bonchev–Trinajstić information content (AvgIpc) is 2.43. The molecule has 0 aliphatic carbocycles. The predicted molar refractivity (Wildman–Crippen MR) is 80.2 cm³/mol. The summed E-state index contributed by atoms with van der Waals surface area (Å²) in [5, 5.41) is 3.47. The largest absolute Gasteiger partial charge is 0.305 e. The van der Waals surface area contributed by atoms with Gasteiger partial charge in [-0.15, -0.1) is 0 Å². The fourth-order valence-electron chi connectivity index (χ4n) is 2.30. The first-order valence-electron chi connectivity index (χ1n) is 7.03. The summed E-state index contributed by atoms with van der Waals surface area (Å²) in [4.78, 5) is 4.46. The Morgan fingerprint density at radius 3 is 2.70 bits per heavy atom. The van der Waals surface area contributed by atoms with Crippen LogP contribution in [0, 0.1) is 19.7 Å². The van der Waals surface area contributed by atoms with Gasteiger partial charge in [0.1, 0.15) is 5.82 Å². The Kier molecular flexibility index (Phi) is 4.85. The number of pyridine rings is 1. The van der Waals surface area contributed by atoms with Gasteiger partial charge in [0.15, 0.2) is 0 Å². The summed E-state index contributed by atoms with van der Waals surface area (Å²) in [7, 11) is 0. The van der Waals surface area contributed by atoms with Crippen LogP contribution in [0.4, 0.5) is 4.39 Å². The molecule has 1 aromatic heterocycles. The zero-order valence-electron chi connectivity index (χ0n) is 12.3. The lowest BCUT2D eigenvalue weighted by Gasteiger charge is -2.21. The normalized spacial score (nSPS) is 12.4. The maximum Gasteiger partial charge on any atom is 0.123 e. The van der Waals surface area contributed by atoms with E-state index in [1.807, 2.05) is 26.0 Å². The SMILES string of the molecule is CCCNC(c1cc(C)ccn1)c1cc(F)ccc1C. The third kappa shape index (κ3) is 3.42. The molecule has 0 bridgehead atoms. The number of rotatable bonds is 5. The molecule has 1 aromatic carbocycles. The highest BCUT2D eigenvalue weighted by Crippen LogP contribution is 2.25. The van der Waals surface area contributed by atoms with Crippen molar-refractivity contribution < 1.29 is 4.39 Å². The Bertz CT molecular complexity index is 581. The molecule has 106 valence electrons. The first-order valence-corrected chi connectivity index (χ1v) is 7.03. The molecular formula is C17H21FN2. The molecule has 1 heterocycles. The minimum Gasteiger partial charge on any atom is -0.305 e. The van der Waals surface area contributed by atoms with Gasteiger partial charge in [0, 0.05) is 6.20 Å². The van der Waals surface area contributed by atoms with Crippen molar-refractivity contribution in [3.63, 3.8) is 0 Å². The van der Waals surface area contributed by atoms with Gasteiger partial charge in [-0.2, -0.15) is 0 Å². The zero-order chi connectivity index (χ0) is 14.5. The lowest BCUT2D eigenvalue weighted by molar-refractivity contribution is 0.573. The number of hydrogen-bond acceptors (Lipinski definition) is 2. The monoisotopic (exact) mass is 272 g/mol. The van der Waals surface area contributed by atoms with Crippen LogP contribution in [0.15, 0.2) is 36.5 Å². The fraction of sp³-hybridized carbons (Fsp3) is 0.353. The van der Waals surface area contributed by atoms with E-state index in [0.717, 1.165) is 35.3 Å². The Labute approximate surface area is 120 Å². The van der Waals surface area contributed by atoms with Crippen molar-refractivity contribution in [3.8, 4) is 0 Å². The number of aromatic nitrogens is 1. The van der Waals surface area contributed by atoms with Crippen molar-refractivity contribution in [1.82, 2.24) is 10.3 Å². The van der Waals surface area contributed by atoms with Gasteiger partial charge in [-0.25, -0.2) is 4.39 Å². The molecule has 0 saturated heterocycles. The van der Waals surface area contributed by atoms with E-state index in [2.05, 4.69) is 23.3 Å². The summed E-state index contributed by atoms with van der Waals surface area (Å²) in [5.74, 6) is -0.207. The molecule has 0 fully saturated rings. The Morgan fingerprint density at radius 2 is 2.00 bits per heavy atom. The molecule has 0 amide bonds. The van der Waals surface area contributed by atoms with Gasteiger partial charge < -0.3 is 5.32 Å². The van der Waals surface area contributed by atoms with Gasteiger partial charge in [-0.3, -0.25) is 4.98 Å². The van der Waals surface area contributed by atoms with Crippen LogP contribution in [0.25, 0.3) is 0 Å². The van der Waals surface area contributed by atoms with Crippen molar-refractivity contribution in [2.75, 3.05) is 6.54 Å². The van der Waals surface area contributed by atoms with Crippen molar-refractivity contribution in [2.24, 2.45) is 0 Å². The van der Waals surface area contributed by atoms with E-state index in [0.29, 0.717) is 0 Å². The topological polar surface area (TPSA) is 24.9 Å². The van der Waals surface area contributed by atoms with Gasteiger partial charge in [-0.1, -0.05) is 13.0 Å². The summed E-state index contributed by atoms with van der Waals surface area (Å²) < 4.78 is 13.6. The molecule has 3 heteroatoms. The van der Waals surface area contributed by atoms with E-state index in [1.165, 1.54) is 6.07 Å². The van der Waals surface area contributed by atoms with Crippen LogP contribution >= 0.6 is 0 Å². The highest BCUT2D eigenvalue weighted by Gasteiger charge is 2.17. The Balaban J connectivity index is 2.44. The standard InChI is InChI=1S/C17H21FN2/c1-4-8-20-17(16-10-12(2)7-9-19-16)15-11-14(18)6-5-13(15)3/h5-7,9-11,17,20H,4,8H2,1-3H3. The van der Waals surface area contributed by atoms with Crippen molar-refractivity contribution in [3.05, 3.63) is 64.7 Å². The summed E-state index contributed by atoms with van der Waals surface area (Å²) in [6, 6.07) is 8.88. The molecule has 0 aliphatic rings. The Hall–Kier alpha value is -1.74. The summed E-state index contributed by atoms with van der Waals surface area (Å²) in [5.41, 5.74) is 4.12. The number of hydrogen-bond donors (Lipinski definition) is 1. The van der Waals surface area contributed by atoms with Gasteiger partial charge in [0.2, 0.25) is 0 Å². The third-order valence-electron chi connectivity index (χ3n) is 3.38. The molecule has 20 heavy (non-hydrogen) atoms. The maximum atomic E-state index is 13.6. The van der Waals surface area contributed by atoms with E-state index < -0.39 is 0 Å². The van der Waals surface area contributed by atoms with Crippen molar-refractivity contribution >= 4 is 0 Å². The average molecular weight is 272 g/mol. The molecule has 2 aromatic rings. The molecule has 1 N–H and O–H groups in total. The molecule has 2 rings (SSSR count). The number of aryl methyl sites for hydroxylation is 2. The molecule has 0 radical (unpaired) electrons. The minimum atomic E-state index is -0.207. The molecule has 1 unspecified atom stereocenters. The lowest BCUT2D eigenvalue weighted by Crippen LogP contribution is -2.25. The predicted octanol–water partition coefficient (Wildman–Crippen LogP) is 3.93. The number of halogens is 1. The first-order chi connectivity index (χ1) is 9.61. The van der Waals surface area contributed by atoms with Crippen molar-refractivity contribution in [2.45, 2.75) is 33.2 Å². The van der Waals surface area contributed by atoms with Crippen LogP contribution < -0.4 is 5.32 Å². The van der Waals surface area contributed by atoms with Crippen molar-refractivity contribution in [1.29, 1.82) is 0 Å². The van der Waals surface area contributed by atoms with Crippen LogP contribution in [0.1, 0.15) is 41.8 Å². The summed E-state index contributed by atoms with van der Waals surface area (Å²) in [6.07, 6.45) is 2.83. The van der Waals surface area contributed by atoms with Crippen LogP contribution in [-0.2, 0) is 0 Å². The van der Waals surface area contributed by atoms with Gasteiger partial charge in [0.25, 0.3) is 0 Å². The number of nitrogens with one attached hydrogen (secondary N) is 1. The van der Waals surface area contributed by atoms with E-state index in [1.54, 1.807) is 12.3 Å². The van der Waals surface area contributed by atoms with Gasteiger partial charge >= 0.3 is 0 Å². The quantitative estimate of drug-likeness (QED) is 0.892. The van der Waals surface area contributed by atoms with E-state index in [9.17, 15) is 4.39 Å². The van der Waals surface area contributed by atoms with E-state index >= 15 is 0 Å². The van der Waals surface area contributed by atoms with E-state index in [4.69, 9.17) is 0 Å². The molecular weight excluding hydrogens is 251 g/mol. The molecule has 2 nitrogen and oxygen atoms in total. The third-order valence-corrected chi connectivity index (χ3v) is 3.38. The van der Waals surface area contributed by atoms with Crippen LogP contribution in [0.2, 0.25) is 0 Å². The molecule has 0 spiro atoms. The second-order valence-corrected chi connectivity index (χ2v) is 5.15. The summed E-state index contributed by atoms with van der Waals surface area (Å²) in [6.45, 7) is 7.04. The minimum absolute atomic E-state index is 0.0643. The molecule has 1 atom stereocenters. The van der Waals surface area contributed by atoms with Crippen LogP contribution in [0.5, 0.6) is 0 Å². The Morgan fingerprint density at radius 1 is 1.20 bits per heavy atom. The van der Waals surface area contributed by atoms with Gasteiger partial charge in [-0.05, 0) is 67.8 Å². The highest BCUT2D eigenvalue weighted by molar-refractivity contribution is 5.35. The fourth-order valence-corrected chi connectivity index (χ4v) is 2.30. The number of benzene rings is 1. The smallest absolute Gasteiger partial charge is 0.123 e. The van der Waals surface area contributed by atoms with Gasteiger partial charge in [0.05, 0.1) is 11.7 Å². The highest BCUT2D eigenvalue weighted by atomic mass is 19.1. The molecule has 0 saturated carbocycles. The molecule has 0 aliphatic heterocycles. The number of nitrogens with zero attached hydrogens (tertiary/aromatic N) is 1.